The molecule has 1 N–H and O–H groups in total. The summed E-state index contributed by atoms with van der Waals surface area (Å²) in [4.78, 5) is 10.7. The molecule has 0 atom stereocenters. The highest BCUT2D eigenvalue weighted by Crippen LogP contribution is 2.32. The highest BCUT2D eigenvalue weighted by molar-refractivity contribution is 5.84. The molecule has 6 heteroatoms. The lowest BCUT2D eigenvalue weighted by Gasteiger charge is -2.21. The predicted octanol–water partition coefficient (Wildman–Crippen LogP) is 5.96. The molecule has 2 rings (SSSR count). The summed E-state index contributed by atoms with van der Waals surface area (Å²) in [7, 11) is 0. The van der Waals surface area contributed by atoms with Gasteiger partial charge in [0.2, 0.25) is 0 Å². The van der Waals surface area contributed by atoms with Crippen LogP contribution in [0, 0.1) is 0 Å². The zero-order valence-corrected chi connectivity index (χ0v) is 15.7. The Labute approximate surface area is 161 Å². The second kappa shape index (κ2) is 8.33. The summed E-state index contributed by atoms with van der Waals surface area (Å²) in [6, 6.07) is 11.8. The zero-order valence-electron chi connectivity index (χ0n) is 15.7. The SMILES string of the molecule is CC(C)(C)Oc1ccc(/C(=C/C=C/C(=O)O)c2ccc(C(F)(F)F)cc2)cc1. The van der Waals surface area contributed by atoms with Gasteiger partial charge in [-0.05, 0) is 61.7 Å². The van der Waals surface area contributed by atoms with E-state index in [0.717, 1.165) is 23.8 Å². The van der Waals surface area contributed by atoms with Gasteiger partial charge in [-0.15, -0.1) is 0 Å². The number of allylic oxidation sites excluding steroid dienone is 2. The van der Waals surface area contributed by atoms with Crippen molar-refractivity contribution in [3.8, 4) is 5.75 Å². The fourth-order valence-electron chi connectivity index (χ4n) is 2.48. The van der Waals surface area contributed by atoms with Gasteiger partial charge in [0.05, 0.1) is 5.56 Å². The number of hydrogen-bond donors (Lipinski definition) is 1. The van der Waals surface area contributed by atoms with E-state index in [9.17, 15) is 18.0 Å². The van der Waals surface area contributed by atoms with Crippen LogP contribution in [0.4, 0.5) is 13.2 Å². The Bertz CT molecular complexity index is 869. The summed E-state index contributed by atoms with van der Waals surface area (Å²) in [6.45, 7) is 5.77. The van der Waals surface area contributed by atoms with Crippen LogP contribution in [0.5, 0.6) is 5.75 Å². The molecule has 0 heterocycles. The van der Waals surface area contributed by atoms with Gasteiger partial charge >= 0.3 is 12.1 Å². The first-order valence-electron chi connectivity index (χ1n) is 8.54. The maximum Gasteiger partial charge on any atom is 0.416 e. The lowest BCUT2D eigenvalue weighted by molar-refractivity contribution is -0.137. The molecule has 0 aromatic heterocycles. The fraction of sp³-hybridized carbons (Fsp3) is 0.227. The van der Waals surface area contributed by atoms with Crippen molar-refractivity contribution >= 4 is 11.5 Å². The van der Waals surface area contributed by atoms with E-state index < -0.39 is 17.7 Å². The number of halogens is 3. The van der Waals surface area contributed by atoms with Crippen LogP contribution < -0.4 is 4.74 Å². The van der Waals surface area contributed by atoms with Crippen molar-refractivity contribution in [1.29, 1.82) is 0 Å². The monoisotopic (exact) mass is 390 g/mol. The first-order chi connectivity index (χ1) is 13.0. The predicted molar refractivity (Wildman–Crippen MR) is 102 cm³/mol. The van der Waals surface area contributed by atoms with E-state index in [1.807, 2.05) is 20.8 Å². The van der Waals surface area contributed by atoms with Crippen molar-refractivity contribution in [2.45, 2.75) is 32.5 Å². The van der Waals surface area contributed by atoms with Gasteiger partial charge in [-0.25, -0.2) is 4.79 Å². The molecule has 148 valence electrons. The molecule has 0 aliphatic heterocycles. The third-order valence-corrected chi connectivity index (χ3v) is 3.61. The third kappa shape index (κ3) is 6.30. The smallest absolute Gasteiger partial charge is 0.416 e. The van der Waals surface area contributed by atoms with Crippen LogP contribution in [0.2, 0.25) is 0 Å². The Hall–Kier alpha value is -3.02. The van der Waals surface area contributed by atoms with Crippen LogP contribution in [0.1, 0.15) is 37.5 Å². The molecule has 28 heavy (non-hydrogen) atoms. The number of carbonyl (C=O) groups is 1. The third-order valence-electron chi connectivity index (χ3n) is 3.61. The molecule has 2 aromatic carbocycles. The summed E-state index contributed by atoms with van der Waals surface area (Å²) in [6.07, 6.45) is -0.566. The Kier molecular flexibility index (Phi) is 6.33. The highest BCUT2D eigenvalue weighted by Gasteiger charge is 2.30. The number of aliphatic carboxylic acids is 1. The van der Waals surface area contributed by atoms with Gasteiger partial charge in [0, 0.05) is 6.08 Å². The molecular formula is C22H21F3O3. The van der Waals surface area contributed by atoms with Crippen LogP contribution in [-0.2, 0) is 11.0 Å². The van der Waals surface area contributed by atoms with Crippen molar-refractivity contribution < 1.29 is 27.8 Å². The van der Waals surface area contributed by atoms with E-state index in [1.165, 1.54) is 18.2 Å². The van der Waals surface area contributed by atoms with Crippen LogP contribution in [0.15, 0.2) is 66.8 Å². The molecule has 0 bridgehead atoms. The summed E-state index contributed by atoms with van der Waals surface area (Å²) in [5.74, 6) is -0.457. The number of ether oxygens (including phenoxy) is 1. The number of carboxylic acid groups (broad SMARTS) is 1. The Morgan fingerprint density at radius 3 is 1.86 bits per heavy atom. The first kappa shape index (κ1) is 21.3. The zero-order chi connectivity index (χ0) is 20.9. The summed E-state index contributed by atoms with van der Waals surface area (Å²) in [5.41, 5.74) is 0.736. The van der Waals surface area contributed by atoms with Gasteiger partial charge in [0.15, 0.2) is 0 Å². The summed E-state index contributed by atoms with van der Waals surface area (Å²) >= 11 is 0. The van der Waals surface area contributed by atoms with Crippen LogP contribution in [-0.4, -0.2) is 16.7 Å². The minimum absolute atomic E-state index is 0.363. The highest BCUT2D eigenvalue weighted by atomic mass is 19.4. The van der Waals surface area contributed by atoms with Crippen molar-refractivity contribution in [2.24, 2.45) is 0 Å². The maximum absolute atomic E-state index is 12.8. The van der Waals surface area contributed by atoms with Gasteiger partial charge in [-0.2, -0.15) is 13.2 Å². The molecule has 0 unspecified atom stereocenters. The second-order valence-corrected chi connectivity index (χ2v) is 7.09. The van der Waals surface area contributed by atoms with E-state index in [-0.39, 0.29) is 5.60 Å². The molecule has 0 radical (unpaired) electrons. The van der Waals surface area contributed by atoms with E-state index in [1.54, 1.807) is 30.3 Å². The first-order valence-corrected chi connectivity index (χ1v) is 8.54. The van der Waals surface area contributed by atoms with E-state index >= 15 is 0 Å². The van der Waals surface area contributed by atoms with Gasteiger partial charge in [0.25, 0.3) is 0 Å². The minimum atomic E-state index is -4.42. The number of alkyl halides is 3. The van der Waals surface area contributed by atoms with Crippen molar-refractivity contribution in [3.63, 3.8) is 0 Å². The van der Waals surface area contributed by atoms with Gasteiger partial charge in [-0.1, -0.05) is 36.4 Å². The van der Waals surface area contributed by atoms with E-state index in [2.05, 4.69) is 0 Å². The molecule has 0 amide bonds. The molecule has 0 saturated carbocycles. The quantitative estimate of drug-likeness (QED) is 0.506. The van der Waals surface area contributed by atoms with Crippen LogP contribution in [0.25, 0.3) is 5.57 Å². The van der Waals surface area contributed by atoms with Crippen molar-refractivity contribution in [2.75, 3.05) is 0 Å². The van der Waals surface area contributed by atoms with Crippen LogP contribution >= 0.6 is 0 Å². The molecule has 0 aliphatic carbocycles. The number of hydrogen-bond acceptors (Lipinski definition) is 2. The second-order valence-electron chi connectivity index (χ2n) is 7.09. The number of benzene rings is 2. The topological polar surface area (TPSA) is 46.5 Å². The van der Waals surface area contributed by atoms with Gasteiger partial charge in [0.1, 0.15) is 11.4 Å². The Balaban J connectivity index is 2.41. The standard InChI is InChI=1S/C22H21F3O3/c1-21(2,3)28-18-13-9-16(10-14-18)19(5-4-6-20(26)27)15-7-11-17(12-8-15)22(23,24)25/h4-14H,1-3H3,(H,26,27)/b6-4+,19-5+. The number of carboxylic acids is 1. The van der Waals surface area contributed by atoms with E-state index in [4.69, 9.17) is 9.84 Å². The fourth-order valence-corrected chi connectivity index (χ4v) is 2.48. The Morgan fingerprint density at radius 2 is 1.43 bits per heavy atom. The van der Waals surface area contributed by atoms with E-state index in [0.29, 0.717) is 16.9 Å². The van der Waals surface area contributed by atoms with Crippen molar-refractivity contribution in [3.05, 3.63) is 83.4 Å². The summed E-state index contributed by atoms with van der Waals surface area (Å²) < 4.78 is 44.2. The lowest BCUT2D eigenvalue weighted by Crippen LogP contribution is -2.22. The normalized spacial score (nSPS) is 13.0. The molecular weight excluding hydrogens is 369 g/mol. The molecule has 2 aromatic rings. The molecule has 3 nitrogen and oxygen atoms in total. The lowest BCUT2D eigenvalue weighted by atomic mass is 9.96. The maximum atomic E-state index is 12.8. The Morgan fingerprint density at radius 1 is 0.929 bits per heavy atom. The average molecular weight is 390 g/mol. The number of rotatable bonds is 5. The average Bonchev–Trinajstić information content (AvgIpc) is 2.57. The van der Waals surface area contributed by atoms with Crippen LogP contribution in [0.3, 0.4) is 0 Å². The molecule has 0 saturated heterocycles. The molecule has 0 aliphatic rings. The van der Waals surface area contributed by atoms with Gasteiger partial charge in [-0.3, -0.25) is 0 Å². The van der Waals surface area contributed by atoms with Crippen molar-refractivity contribution in [1.82, 2.24) is 0 Å². The van der Waals surface area contributed by atoms with Gasteiger partial charge < -0.3 is 9.84 Å². The molecule has 0 spiro atoms. The summed E-state index contributed by atoms with van der Waals surface area (Å²) in [5, 5.41) is 8.78. The largest absolute Gasteiger partial charge is 0.488 e. The minimum Gasteiger partial charge on any atom is -0.488 e. The molecule has 0 fully saturated rings.